The summed E-state index contributed by atoms with van der Waals surface area (Å²) >= 11 is 9.50. The summed E-state index contributed by atoms with van der Waals surface area (Å²) in [4.78, 5) is 27.8. The minimum absolute atomic E-state index is 0.167. The molecule has 8 heteroatoms. The van der Waals surface area contributed by atoms with Crippen LogP contribution in [0.3, 0.4) is 0 Å². The first-order chi connectivity index (χ1) is 13.0. The Morgan fingerprint density at radius 1 is 1.19 bits per heavy atom. The maximum Gasteiger partial charge on any atom is 0.272 e. The fourth-order valence-electron chi connectivity index (χ4n) is 2.70. The highest BCUT2D eigenvalue weighted by molar-refractivity contribution is 9.10. The number of aromatic amines is 1. The van der Waals surface area contributed by atoms with E-state index in [4.69, 9.17) is 11.6 Å². The van der Waals surface area contributed by atoms with Crippen LogP contribution in [-0.4, -0.2) is 20.7 Å². The van der Waals surface area contributed by atoms with Crippen molar-refractivity contribution in [2.45, 2.75) is 0 Å². The molecule has 0 aliphatic heterocycles. The summed E-state index contributed by atoms with van der Waals surface area (Å²) in [7, 11) is 0. The van der Waals surface area contributed by atoms with Crippen molar-refractivity contribution in [1.82, 2.24) is 14.8 Å². The van der Waals surface area contributed by atoms with Crippen LogP contribution in [0, 0.1) is 0 Å². The van der Waals surface area contributed by atoms with Crippen LogP contribution >= 0.6 is 27.5 Å². The predicted octanol–water partition coefficient (Wildman–Crippen LogP) is 4.38. The zero-order valence-corrected chi connectivity index (χ0v) is 16.1. The number of hydrogen-bond acceptors (Lipinski definition) is 3. The molecule has 2 aromatic carbocycles. The molecule has 0 unspecified atom stereocenters. The molecular weight excluding hydrogens is 432 g/mol. The molecule has 0 aliphatic rings. The van der Waals surface area contributed by atoms with E-state index in [2.05, 4.69) is 31.3 Å². The van der Waals surface area contributed by atoms with E-state index in [0.717, 1.165) is 4.47 Å². The monoisotopic (exact) mass is 442 g/mol. The summed E-state index contributed by atoms with van der Waals surface area (Å²) < 4.78 is 2.36. The molecule has 0 bridgehead atoms. The Morgan fingerprint density at radius 3 is 2.81 bits per heavy atom. The van der Waals surface area contributed by atoms with Crippen molar-refractivity contribution in [3.8, 4) is 5.69 Å². The molecule has 0 radical (unpaired) electrons. The Morgan fingerprint density at radius 2 is 2.00 bits per heavy atom. The van der Waals surface area contributed by atoms with E-state index in [1.807, 2.05) is 18.2 Å². The SMILES string of the molecule is O=C(Nc1cnn(-c2ccccc2Cl)c1)c1cc(=O)c2cc(Br)ccc2[nH]1. The zero-order valence-electron chi connectivity index (χ0n) is 13.7. The number of pyridine rings is 1. The third kappa shape index (κ3) is 3.51. The van der Waals surface area contributed by atoms with E-state index < -0.39 is 5.91 Å². The Labute approximate surface area is 166 Å². The van der Waals surface area contributed by atoms with E-state index in [-0.39, 0.29) is 11.1 Å². The van der Waals surface area contributed by atoms with Crippen molar-refractivity contribution in [1.29, 1.82) is 0 Å². The number of nitrogens with one attached hydrogen (secondary N) is 2. The largest absolute Gasteiger partial charge is 0.350 e. The average molecular weight is 444 g/mol. The topological polar surface area (TPSA) is 79.8 Å². The van der Waals surface area contributed by atoms with Crippen LogP contribution < -0.4 is 10.7 Å². The van der Waals surface area contributed by atoms with Crippen LogP contribution in [0.15, 0.2) is 70.2 Å². The van der Waals surface area contributed by atoms with Gasteiger partial charge in [0.2, 0.25) is 0 Å². The summed E-state index contributed by atoms with van der Waals surface area (Å²) in [6.45, 7) is 0. The van der Waals surface area contributed by atoms with Gasteiger partial charge in [0.1, 0.15) is 5.69 Å². The lowest BCUT2D eigenvalue weighted by molar-refractivity contribution is 0.102. The van der Waals surface area contributed by atoms with Crippen LogP contribution in [0.2, 0.25) is 5.02 Å². The smallest absolute Gasteiger partial charge is 0.272 e. The number of benzene rings is 2. The molecule has 0 atom stereocenters. The summed E-state index contributed by atoms with van der Waals surface area (Å²) in [6, 6.07) is 13.8. The van der Waals surface area contributed by atoms with Crippen LogP contribution in [0.5, 0.6) is 0 Å². The zero-order chi connectivity index (χ0) is 19.0. The molecular formula is C19H12BrClN4O2. The number of amides is 1. The number of nitrogens with zero attached hydrogens (tertiary/aromatic N) is 2. The number of carbonyl (C=O) groups excluding carboxylic acids is 1. The highest BCUT2D eigenvalue weighted by Gasteiger charge is 2.12. The normalized spacial score (nSPS) is 10.9. The minimum Gasteiger partial charge on any atom is -0.350 e. The Kier molecular flexibility index (Phi) is 4.55. The summed E-state index contributed by atoms with van der Waals surface area (Å²) in [5.74, 6) is -0.435. The number of aromatic nitrogens is 3. The van der Waals surface area contributed by atoms with E-state index in [0.29, 0.717) is 27.3 Å². The lowest BCUT2D eigenvalue weighted by Crippen LogP contribution is -2.16. The fraction of sp³-hybridized carbons (Fsp3) is 0. The summed E-state index contributed by atoms with van der Waals surface area (Å²) in [6.07, 6.45) is 3.16. The second kappa shape index (κ2) is 7.02. The van der Waals surface area contributed by atoms with Crippen molar-refractivity contribution in [3.63, 3.8) is 0 Å². The Bertz CT molecular complexity index is 1230. The van der Waals surface area contributed by atoms with Gasteiger partial charge in [0.25, 0.3) is 5.91 Å². The van der Waals surface area contributed by atoms with Crippen LogP contribution in [0.1, 0.15) is 10.5 Å². The van der Waals surface area contributed by atoms with Gasteiger partial charge in [0, 0.05) is 21.4 Å². The minimum atomic E-state index is -0.435. The predicted molar refractivity (Wildman–Crippen MR) is 109 cm³/mol. The van der Waals surface area contributed by atoms with E-state index in [1.54, 1.807) is 35.1 Å². The number of H-pyrrole nitrogens is 1. The number of rotatable bonds is 3. The molecule has 2 heterocycles. The highest BCUT2D eigenvalue weighted by Crippen LogP contribution is 2.21. The maximum absolute atomic E-state index is 12.5. The van der Waals surface area contributed by atoms with Gasteiger partial charge in [0.05, 0.1) is 28.8 Å². The first kappa shape index (κ1) is 17.5. The van der Waals surface area contributed by atoms with Crippen molar-refractivity contribution < 1.29 is 4.79 Å². The van der Waals surface area contributed by atoms with Crippen LogP contribution in [-0.2, 0) is 0 Å². The second-order valence-corrected chi connectivity index (χ2v) is 7.14. The molecule has 27 heavy (non-hydrogen) atoms. The molecule has 4 rings (SSSR count). The highest BCUT2D eigenvalue weighted by atomic mass is 79.9. The first-order valence-electron chi connectivity index (χ1n) is 7.95. The standard InChI is InChI=1S/C19H12BrClN4O2/c20-11-5-6-15-13(7-11)18(26)8-16(24-15)19(27)23-12-9-22-25(10-12)17-4-2-1-3-14(17)21/h1-10H,(H,23,27)(H,24,26). The van der Waals surface area contributed by atoms with Crippen LogP contribution in [0.4, 0.5) is 5.69 Å². The molecule has 1 amide bonds. The van der Waals surface area contributed by atoms with Gasteiger partial charge < -0.3 is 10.3 Å². The number of hydrogen-bond donors (Lipinski definition) is 2. The lowest BCUT2D eigenvalue weighted by atomic mass is 10.2. The van der Waals surface area contributed by atoms with Gasteiger partial charge in [-0.3, -0.25) is 9.59 Å². The summed E-state index contributed by atoms with van der Waals surface area (Å²) in [5, 5.41) is 7.99. The fourth-order valence-corrected chi connectivity index (χ4v) is 3.28. The molecule has 4 aromatic rings. The molecule has 2 N–H and O–H groups in total. The third-order valence-electron chi connectivity index (χ3n) is 3.98. The van der Waals surface area contributed by atoms with Crippen molar-refractivity contribution in [2.24, 2.45) is 0 Å². The molecule has 2 aromatic heterocycles. The number of para-hydroxylation sites is 1. The maximum atomic E-state index is 12.5. The lowest BCUT2D eigenvalue weighted by Gasteiger charge is -2.05. The molecule has 0 fully saturated rings. The number of anilines is 1. The first-order valence-corrected chi connectivity index (χ1v) is 9.12. The van der Waals surface area contributed by atoms with E-state index >= 15 is 0 Å². The van der Waals surface area contributed by atoms with Crippen molar-refractivity contribution >= 4 is 50.0 Å². The number of halogens is 2. The molecule has 134 valence electrons. The molecule has 0 saturated carbocycles. The van der Waals surface area contributed by atoms with Crippen molar-refractivity contribution in [2.75, 3.05) is 5.32 Å². The Hall–Kier alpha value is -2.90. The van der Waals surface area contributed by atoms with E-state index in [1.165, 1.54) is 12.3 Å². The Balaban J connectivity index is 1.62. The van der Waals surface area contributed by atoms with Gasteiger partial charge >= 0.3 is 0 Å². The van der Waals surface area contributed by atoms with Crippen LogP contribution in [0.25, 0.3) is 16.6 Å². The van der Waals surface area contributed by atoms with Crippen molar-refractivity contribution in [3.05, 3.63) is 86.3 Å². The summed E-state index contributed by atoms with van der Waals surface area (Å²) in [5.41, 5.74) is 1.70. The number of carbonyl (C=O) groups is 1. The molecule has 6 nitrogen and oxygen atoms in total. The molecule has 0 saturated heterocycles. The van der Waals surface area contributed by atoms with E-state index in [9.17, 15) is 9.59 Å². The molecule has 0 aliphatic carbocycles. The second-order valence-electron chi connectivity index (χ2n) is 5.82. The number of fused-ring (bicyclic) bond motifs is 1. The third-order valence-corrected chi connectivity index (χ3v) is 4.79. The van der Waals surface area contributed by atoms with Gasteiger partial charge in [-0.15, -0.1) is 0 Å². The quantitative estimate of drug-likeness (QED) is 0.493. The van der Waals surface area contributed by atoms with Gasteiger partial charge in [-0.25, -0.2) is 4.68 Å². The average Bonchev–Trinajstić information content (AvgIpc) is 3.10. The van der Waals surface area contributed by atoms with Gasteiger partial charge in [-0.2, -0.15) is 5.10 Å². The van der Waals surface area contributed by atoms with Gasteiger partial charge in [0.15, 0.2) is 5.43 Å². The molecule has 0 spiro atoms. The van der Waals surface area contributed by atoms with Gasteiger partial charge in [-0.1, -0.05) is 39.7 Å². The van der Waals surface area contributed by atoms with Gasteiger partial charge in [-0.05, 0) is 30.3 Å².